The van der Waals surface area contributed by atoms with Crippen LogP contribution in [0.5, 0.6) is 0 Å². The number of nitrogens with one attached hydrogen (secondary N) is 2. The third kappa shape index (κ3) is 2.97. The van der Waals surface area contributed by atoms with E-state index in [1.54, 1.807) is 0 Å². The van der Waals surface area contributed by atoms with Crippen LogP contribution in [-0.2, 0) is 0 Å². The zero-order chi connectivity index (χ0) is 13.8. The Morgan fingerprint density at radius 2 is 2.05 bits per heavy atom. The minimum atomic E-state index is -0.266. The molecular formula is C13H17N5O. The summed E-state index contributed by atoms with van der Waals surface area (Å²) in [6, 6.07) is 5.77. The van der Waals surface area contributed by atoms with E-state index >= 15 is 0 Å². The van der Waals surface area contributed by atoms with Crippen LogP contribution in [0.3, 0.4) is 0 Å². The predicted molar refractivity (Wildman–Crippen MR) is 75.1 cm³/mol. The lowest BCUT2D eigenvalue weighted by molar-refractivity contribution is 0.918. The van der Waals surface area contributed by atoms with E-state index in [1.165, 1.54) is 5.56 Å². The maximum absolute atomic E-state index is 12.0. The van der Waals surface area contributed by atoms with Crippen LogP contribution in [0.2, 0.25) is 0 Å². The van der Waals surface area contributed by atoms with Crippen molar-refractivity contribution in [1.82, 2.24) is 15.2 Å². The molecule has 6 heteroatoms. The highest BCUT2D eigenvalue weighted by Crippen LogP contribution is 2.17. The fraction of sp³-hybridized carbons (Fsp3) is 0.308. The van der Waals surface area contributed by atoms with Crippen molar-refractivity contribution in [2.45, 2.75) is 13.8 Å². The van der Waals surface area contributed by atoms with Crippen LogP contribution in [-0.4, -0.2) is 28.3 Å². The Labute approximate surface area is 111 Å². The van der Waals surface area contributed by atoms with Crippen molar-refractivity contribution in [3.63, 3.8) is 0 Å². The molecule has 0 fully saturated rings. The van der Waals surface area contributed by atoms with Crippen LogP contribution >= 0.6 is 0 Å². The average molecular weight is 259 g/mol. The van der Waals surface area contributed by atoms with Gasteiger partial charge in [-0.3, -0.25) is 9.78 Å². The first-order valence-electron chi connectivity index (χ1n) is 6.10. The van der Waals surface area contributed by atoms with Crippen LogP contribution in [0.25, 0.3) is 11.3 Å². The molecule has 1 heterocycles. The van der Waals surface area contributed by atoms with Gasteiger partial charge < -0.3 is 11.1 Å². The molecule has 6 nitrogen and oxygen atoms in total. The fourth-order valence-electron chi connectivity index (χ4n) is 1.68. The molecular weight excluding hydrogens is 242 g/mol. The molecule has 0 radical (unpaired) electrons. The number of anilines is 1. The lowest BCUT2D eigenvalue weighted by atomic mass is 10.0. The molecule has 4 N–H and O–H groups in total. The van der Waals surface area contributed by atoms with Crippen molar-refractivity contribution in [3.05, 3.63) is 39.7 Å². The standard InChI is InChI=1S/C13H17N5O/c1-8-3-4-10(7-9(8)2)11-12(19)16-13(18-17-11)15-6-5-14/h3-4,7H,5-6,14H2,1-2H3,(H2,15,16,18,19). The summed E-state index contributed by atoms with van der Waals surface area (Å²) in [6.07, 6.45) is 0. The molecule has 2 rings (SSSR count). The largest absolute Gasteiger partial charge is 0.353 e. The van der Waals surface area contributed by atoms with Gasteiger partial charge in [-0.1, -0.05) is 12.1 Å². The molecule has 0 atom stereocenters. The molecule has 1 aromatic carbocycles. The number of H-pyrrole nitrogens is 1. The number of aromatic amines is 1. The van der Waals surface area contributed by atoms with E-state index in [0.29, 0.717) is 24.7 Å². The van der Waals surface area contributed by atoms with Gasteiger partial charge in [0.25, 0.3) is 5.56 Å². The third-order valence-electron chi connectivity index (χ3n) is 2.91. The third-order valence-corrected chi connectivity index (χ3v) is 2.91. The minimum Gasteiger partial charge on any atom is -0.353 e. The molecule has 0 aliphatic carbocycles. The van der Waals surface area contributed by atoms with E-state index < -0.39 is 0 Å². The Balaban J connectivity index is 2.35. The highest BCUT2D eigenvalue weighted by Gasteiger charge is 2.08. The molecule has 0 saturated carbocycles. The Morgan fingerprint density at radius 3 is 2.68 bits per heavy atom. The van der Waals surface area contributed by atoms with Crippen molar-refractivity contribution in [2.75, 3.05) is 18.4 Å². The highest BCUT2D eigenvalue weighted by atomic mass is 16.1. The lowest BCUT2D eigenvalue weighted by Gasteiger charge is -2.05. The quantitative estimate of drug-likeness (QED) is 0.755. The SMILES string of the molecule is Cc1ccc(-c2nnc(NCCN)[nH]c2=O)cc1C. The molecule has 0 spiro atoms. The smallest absolute Gasteiger partial charge is 0.279 e. The van der Waals surface area contributed by atoms with E-state index in [0.717, 1.165) is 11.1 Å². The van der Waals surface area contributed by atoms with Crippen LogP contribution in [0.15, 0.2) is 23.0 Å². The summed E-state index contributed by atoms with van der Waals surface area (Å²) < 4.78 is 0. The zero-order valence-corrected chi connectivity index (χ0v) is 11.0. The van der Waals surface area contributed by atoms with Crippen LogP contribution in [0.1, 0.15) is 11.1 Å². The number of aromatic nitrogens is 3. The van der Waals surface area contributed by atoms with Gasteiger partial charge >= 0.3 is 0 Å². The first-order valence-corrected chi connectivity index (χ1v) is 6.10. The zero-order valence-electron chi connectivity index (χ0n) is 11.0. The first kappa shape index (κ1) is 13.2. The summed E-state index contributed by atoms with van der Waals surface area (Å²) in [5, 5.41) is 10.8. The van der Waals surface area contributed by atoms with Gasteiger partial charge in [0.1, 0.15) is 0 Å². The highest BCUT2D eigenvalue weighted by molar-refractivity contribution is 5.59. The Kier molecular flexibility index (Phi) is 3.91. The van der Waals surface area contributed by atoms with Crippen molar-refractivity contribution >= 4 is 5.95 Å². The van der Waals surface area contributed by atoms with Crippen molar-refractivity contribution in [3.8, 4) is 11.3 Å². The summed E-state index contributed by atoms with van der Waals surface area (Å²) in [5.41, 5.74) is 8.47. The second kappa shape index (κ2) is 5.62. The molecule has 0 bridgehead atoms. The summed E-state index contributed by atoms with van der Waals surface area (Å²) in [7, 11) is 0. The van der Waals surface area contributed by atoms with E-state index in [4.69, 9.17) is 5.73 Å². The van der Waals surface area contributed by atoms with Gasteiger partial charge in [0, 0.05) is 18.7 Å². The number of aryl methyl sites for hydroxylation is 2. The maximum Gasteiger partial charge on any atom is 0.279 e. The second-order valence-corrected chi connectivity index (χ2v) is 4.37. The van der Waals surface area contributed by atoms with Crippen LogP contribution < -0.4 is 16.6 Å². The van der Waals surface area contributed by atoms with E-state index in [1.807, 2.05) is 32.0 Å². The monoisotopic (exact) mass is 259 g/mol. The van der Waals surface area contributed by atoms with Gasteiger partial charge in [0.2, 0.25) is 5.95 Å². The van der Waals surface area contributed by atoms with E-state index in [-0.39, 0.29) is 5.56 Å². The fourth-order valence-corrected chi connectivity index (χ4v) is 1.68. The molecule has 0 aliphatic rings. The Morgan fingerprint density at radius 1 is 1.26 bits per heavy atom. The topological polar surface area (TPSA) is 96.7 Å². The summed E-state index contributed by atoms with van der Waals surface area (Å²) in [6.45, 7) is 5.02. The van der Waals surface area contributed by atoms with Crippen LogP contribution in [0.4, 0.5) is 5.95 Å². The number of nitrogens with zero attached hydrogens (tertiary/aromatic N) is 2. The molecule has 1 aromatic heterocycles. The summed E-state index contributed by atoms with van der Waals surface area (Å²) in [5.74, 6) is 0.336. The molecule has 0 aliphatic heterocycles. The van der Waals surface area contributed by atoms with Crippen LogP contribution in [0, 0.1) is 13.8 Å². The summed E-state index contributed by atoms with van der Waals surface area (Å²) in [4.78, 5) is 14.6. The van der Waals surface area contributed by atoms with Gasteiger partial charge in [-0.25, -0.2) is 0 Å². The van der Waals surface area contributed by atoms with Gasteiger partial charge in [-0.05, 0) is 31.0 Å². The Bertz CT molecular complexity index is 635. The minimum absolute atomic E-state index is 0.266. The predicted octanol–water partition coefficient (Wildman–Crippen LogP) is 0.819. The Hall–Kier alpha value is -2.21. The molecule has 100 valence electrons. The number of hydrogen-bond donors (Lipinski definition) is 3. The van der Waals surface area contributed by atoms with E-state index in [2.05, 4.69) is 20.5 Å². The molecule has 0 amide bonds. The number of benzene rings is 1. The van der Waals surface area contributed by atoms with E-state index in [9.17, 15) is 4.79 Å². The normalized spacial score (nSPS) is 10.5. The molecule has 0 unspecified atom stereocenters. The maximum atomic E-state index is 12.0. The summed E-state index contributed by atoms with van der Waals surface area (Å²) >= 11 is 0. The van der Waals surface area contributed by atoms with Gasteiger partial charge in [-0.15, -0.1) is 10.2 Å². The van der Waals surface area contributed by atoms with Gasteiger partial charge in [-0.2, -0.15) is 0 Å². The first-order chi connectivity index (χ1) is 9.11. The van der Waals surface area contributed by atoms with Gasteiger partial charge in [0.05, 0.1) is 0 Å². The van der Waals surface area contributed by atoms with Crippen molar-refractivity contribution < 1.29 is 0 Å². The number of nitrogens with two attached hydrogens (primary N) is 1. The average Bonchev–Trinajstić information content (AvgIpc) is 2.40. The number of rotatable bonds is 4. The number of hydrogen-bond acceptors (Lipinski definition) is 5. The van der Waals surface area contributed by atoms with Crippen molar-refractivity contribution in [2.24, 2.45) is 5.73 Å². The van der Waals surface area contributed by atoms with Crippen molar-refractivity contribution in [1.29, 1.82) is 0 Å². The lowest BCUT2D eigenvalue weighted by Crippen LogP contribution is -2.20. The second-order valence-electron chi connectivity index (χ2n) is 4.37. The molecule has 2 aromatic rings. The van der Waals surface area contributed by atoms with Gasteiger partial charge in [0.15, 0.2) is 5.69 Å². The molecule has 19 heavy (non-hydrogen) atoms. The molecule has 0 saturated heterocycles.